The molecule has 208 valence electrons. The SMILES string of the molecule is C=C1CC(=O)N(C2CCB(c3bcbc(C(=O)c4cn(CCCOC)c5ccccc45)c3)CC2)/C1=C/C=C\C(C)C. The van der Waals surface area contributed by atoms with Gasteiger partial charge in [0.25, 0.3) is 0 Å². The number of aryl methyl sites for hydroxylation is 1. The number of ether oxygens (including phenoxy) is 1. The number of hydrogen-bond donors (Lipinski definition) is 0. The molecule has 5 rings (SSSR count). The van der Waals surface area contributed by atoms with Crippen LogP contribution in [0.25, 0.3) is 10.9 Å². The van der Waals surface area contributed by atoms with Gasteiger partial charge in [0.1, 0.15) is 0 Å². The van der Waals surface area contributed by atoms with Crippen molar-refractivity contribution in [1.29, 1.82) is 0 Å². The molecule has 2 aromatic heterocycles. The predicted octanol–water partition coefficient (Wildman–Crippen LogP) is 5.33. The number of nitrogens with zero attached hydrogens (tertiary/aromatic N) is 2. The zero-order valence-corrected chi connectivity index (χ0v) is 24.6. The number of benzene rings is 1. The number of carbonyl (C=O) groups excluding carboxylic acids is 2. The number of fused-ring (bicyclic) bond motifs is 1. The molecule has 0 radical (unpaired) electrons. The average molecular weight is 544 g/mol. The normalized spacial score (nSPS) is 17.5. The van der Waals surface area contributed by atoms with Gasteiger partial charge in [-0.15, -0.1) is 0 Å². The number of hydrogen-bond acceptors (Lipinski definition) is 3. The maximum absolute atomic E-state index is 13.8. The van der Waals surface area contributed by atoms with Crippen molar-refractivity contribution < 1.29 is 14.3 Å². The molecule has 2 aliphatic heterocycles. The van der Waals surface area contributed by atoms with Crippen LogP contribution in [0, 0.1) is 5.92 Å². The Kier molecular flexibility index (Phi) is 9.39. The van der Waals surface area contributed by atoms with Crippen LogP contribution in [0.2, 0.25) is 12.6 Å². The molecule has 8 heteroatoms. The molecule has 3 aromatic rings. The van der Waals surface area contributed by atoms with E-state index in [1.807, 2.05) is 42.1 Å². The van der Waals surface area contributed by atoms with Gasteiger partial charge in [-0.3, -0.25) is 0 Å². The van der Waals surface area contributed by atoms with Crippen LogP contribution >= 0.6 is 0 Å². The molecule has 0 bridgehead atoms. The first-order valence-electron chi connectivity index (χ1n) is 15.0. The molecule has 0 saturated carbocycles. The topological polar surface area (TPSA) is 51.5 Å². The summed E-state index contributed by atoms with van der Waals surface area (Å²) in [6.45, 7) is 14.4. The second kappa shape index (κ2) is 13.2. The van der Waals surface area contributed by atoms with Crippen molar-refractivity contribution in [3.8, 4) is 0 Å². The van der Waals surface area contributed by atoms with Crippen molar-refractivity contribution in [2.75, 3.05) is 13.7 Å². The molecule has 1 aromatic carbocycles. The van der Waals surface area contributed by atoms with E-state index < -0.39 is 0 Å². The Morgan fingerprint density at radius 1 is 1.22 bits per heavy atom. The minimum absolute atomic E-state index is 0.0626. The summed E-state index contributed by atoms with van der Waals surface area (Å²) in [6, 6.07) is 10.4. The van der Waals surface area contributed by atoms with E-state index >= 15 is 0 Å². The Hall–Kier alpha value is -3.25. The van der Waals surface area contributed by atoms with Crippen molar-refractivity contribution in [3.63, 3.8) is 0 Å². The monoisotopic (exact) mass is 544 g/mol. The third-order valence-electron chi connectivity index (χ3n) is 8.47. The van der Waals surface area contributed by atoms with Gasteiger partial charge < -0.3 is 0 Å². The van der Waals surface area contributed by atoms with Crippen LogP contribution in [0.1, 0.15) is 55.3 Å². The molecule has 2 fully saturated rings. The van der Waals surface area contributed by atoms with Gasteiger partial charge in [-0.1, -0.05) is 0 Å². The Morgan fingerprint density at radius 2 is 2.00 bits per heavy atom. The summed E-state index contributed by atoms with van der Waals surface area (Å²) >= 11 is 0. The van der Waals surface area contributed by atoms with E-state index in [2.05, 4.69) is 62.3 Å². The van der Waals surface area contributed by atoms with Gasteiger partial charge in [0.05, 0.1) is 0 Å². The van der Waals surface area contributed by atoms with Gasteiger partial charge >= 0.3 is 246 Å². The quantitative estimate of drug-likeness (QED) is 0.197. The van der Waals surface area contributed by atoms with E-state index in [0.29, 0.717) is 25.7 Å². The van der Waals surface area contributed by atoms with Gasteiger partial charge in [-0.25, -0.2) is 0 Å². The Labute approximate surface area is 245 Å². The van der Waals surface area contributed by atoms with Crippen LogP contribution in [0.4, 0.5) is 0 Å². The molecule has 5 nitrogen and oxygen atoms in total. The van der Waals surface area contributed by atoms with Crippen molar-refractivity contribution in [2.45, 2.75) is 64.8 Å². The molecular weight excluding hydrogens is 505 g/mol. The third-order valence-corrected chi connectivity index (χ3v) is 8.47. The molecule has 0 unspecified atom stereocenters. The number of allylic oxidation sites excluding steroid dienone is 4. The molecule has 2 saturated heterocycles. The van der Waals surface area contributed by atoms with Gasteiger partial charge in [0, 0.05) is 0 Å². The van der Waals surface area contributed by atoms with Crippen LogP contribution in [0.15, 0.2) is 78.5 Å². The van der Waals surface area contributed by atoms with E-state index in [9.17, 15) is 9.59 Å². The minimum atomic E-state index is 0.0626. The first-order chi connectivity index (χ1) is 19.9. The Bertz CT molecular complexity index is 1500. The molecule has 1 amide bonds. The Morgan fingerprint density at radius 3 is 2.76 bits per heavy atom. The van der Waals surface area contributed by atoms with Crippen LogP contribution in [-0.2, 0) is 16.1 Å². The van der Waals surface area contributed by atoms with Gasteiger partial charge in [0.2, 0.25) is 0 Å². The van der Waals surface area contributed by atoms with Crippen LogP contribution in [0.3, 0.4) is 0 Å². The fourth-order valence-corrected chi connectivity index (χ4v) is 6.38. The van der Waals surface area contributed by atoms with E-state index in [4.69, 9.17) is 4.74 Å². The van der Waals surface area contributed by atoms with Crippen molar-refractivity contribution in [2.24, 2.45) is 5.92 Å². The number of rotatable bonds is 10. The first-order valence-corrected chi connectivity index (χ1v) is 15.0. The van der Waals surface area contributed by atoms with Gasteiger partial charge in [-0.2, -0.15) is 0 Å². The standard InChI is InChI=1S/C33H39B3N2O3/c1-23(2)9-7-12-29-24(3)19-32(39)38(29)25-13-15-36(16-14-25)31-20-28(34-22-35-31)33(40)27-21-37(17-8-18-41-4)30-11-6-5-10-26(27)30/h5-7,9-12,20-23,25H,3,8,13-19H2,1-2,4H3/b9-7-,29-12+. The fourth-order valence-electron chi connectivity index (χ4n) is 6.38. The number of carbonyl (C=O) groups is 2. The molecule has 0 aliphatic carbocycles. The number of likely N-dealkylation sites (tertiary alicyclic amines) is 1. The summed E-state index contributed by atoms with van der Waals surface area (Å²) in [6.07, 6.45) is 13.4. The molecule has 0 spiro atoms. The molecule has 0 N–H and O–H groups in total. The second-order valence-electron chi connectivity index (χ2n) is 11.8. The van der Waals surface area contributed by atoms with E-state index in [-0.39, 0.29) is 17.7 Å². The molecular formula is C33H39B3N2O3. The van der Waals surface area contributed by atoms with Crippen LogP contribution < -0.4 is 5.36 Å². The second-order valence-corrected chi connectivity index (χ2v) is 11.8. The van der Waals surface area contributed by atoms with Crippen molar-refractivity contribution >= 4 is 48.5 Å². The fraction of sp³-hybridized carbons (Fsp3) is 0.394. The Balaban J connectivity index is 1.30. The molecule has 0 atom stereocenters. The summed E-state index contributed by atoms with van der Waals surface area (Å²) in [5.74, 6) is 2.70. The zero-order valence-electron chi connectivity index (χ0n) is 24.6. The van der Waals surface area contributed by atoms with Crippen molar-refractivity contribution in [1.82, 2.24) is 9.47 Å². The summed E-state index contributed by atoms with van der Waals surface area (Å²) in [4.78, 5) is 28.7. The summed E-state index contributed by atoms with van der Waals surface area (Å²) in [5, 5.41) is 2.20. The zero-order chi connectivity index (χ0) is 28.9. The van der Waals surface area contributed by atoms with Gasteiger partial charge in [-0.05, 0) is 0 Å². The predicted molar refractivity (Wildman–Crippen MR) is 172 cm³/mol. The number of methoxy groups -OCH3 is 1. The summed E-state index contributed by atoms with van der Waals surface area (Å²) < 4.78 is 7.40. The van der Waals surface area contributed by atoms with E-state index in [1.54, 1.807) is 7.11 Å². The first kappa shape index (κ1) is 29.3. The third kappa shape index (κ3) is 6.48. The number of para-hydroxylation sites is 1. The van der Waals surface area contributed by atoms with Gasteiger partial charge in [0.15, 0.2) is 0 Å². The average Bonchev–Trinajstić information content (AvgIpc) is 3.48. The molecule has 4 heterocycles. The number of amides is 1. The molecule has 41 heavy (non-hydrogen) atoms. The van der Waals surface area contributed by atoms with E-state index in [1.165, 1.54) is 5.36 Å². The van der Waals surface area contributed by atoms with Crippen LogP contribution in [-0.4, -0.2) is 61.4 Å². The van der Waals surface area contributed by atoms with Crippen LogP contribution in [0.5, 0.6) is 0 Å². The van der Waals surface area contributed by atoms with Crippen molar-refractivity contribution in [3.05, 3.63) is 89.5 Å². The molecule has 2 aliphatic rings. The van der Waals surface area contributed by atoms with E-state index in [0.717, 1.165) is 71.6 Å². The maximum atomic E-state index is 13.8. The summed E-state index contributed by atoms with van der Waals surface area (Å²) in [5.41, 5.74) is 4.45. The number of ketones is 1. The summed E-state index contributed by atoms with van der Waals surface area (Å²) in [7, 11) is 1.71. The number of aromatic nitrogens is 1.